The van der Waals surface area contributed by atoms with Gasteiger partial charge in [0.1, 0.15) is 0 Å². The van der Waals surface area contributed by atoms with E-state index in [2.05, 4.69) is 10.3 Å². The summed E-state index contributed by atoms with van der Waals surface area (Å²) in [5, 5.41) is 2.97. The van der Waals surface area contributed by atoms with Crippen molar-refractivity contribution in [2.24, 2.45) is 0 Å². The molecule has 0 aliphatic heterocycles. The van der Waals surface area contributed by atoms with E-state index in [1.165, 1.54) is 0 Å². The summed E-state index contributed by atoms with van der Waals surface area (Å²) in [7, 11) is 1.57. The SMILES string of the molecule is COC(C)(C)CC(=O)Nc1cccnc1Cl. The first-order valence-corrected chi connectivity index (χ1v) is 5.28. The van der Waals surface area contributed by atoms with Gasteiger partial charge in [0.2, 0.25) is 5.91 Å². The van der Waals surface area contributed by atoms with Crippen LogP contribution in [0.1, 0.15) is 20.3 Å². The van der Waals surface area contributed by atoms with E-state index in [4.69, 9.17) is 16.3 Å². The summed E-state index contributed by atoms with van der Waals surface area (Å²) in [6.45, 7) is 3.69. The predicted octanol–water partition coefficient (Wildman–Crippen LogP) is 2.49. The van der Waals surface area contributed by atoms with E-state index < -0.39 is 5.60 Å². The molecule has 1 N–H and O–H groups in total. The second kappa shape index (κ2) is 5.27. The van der Waals surface area contributed by atoms with Crippen LogP contribution in [0.5, 0.6) is 0 Å². The zero-order valence-electron chi connectivity index (χ0n) is 9.58. The van der Waals surface area contributed by atoms with Crippen LogP contribution in [-0.4, -0.2) is 23.6 Å². The molecule has 0 unspecified atom stereocenters. The molecule has 4 nitrogen and oxygen atoms in total. The Bertz CT molecular complexity index is 380. The van der Waals surface area contributed by atoms with Gasteiger partial charge < -0.3 is 10.1 Å². The number of nitrogens with one attached hydrogen (secondary N) is 1. The Balaban J connectivity index is 2.62. The summed E-state index contributed by atoms with van der Waals surface area (Å²) in [4.78, 5) is 15.5. The molecule has 1 rings (SSSR count). The first-order valence-electron chi connectivity index (χ1n) is 4.90. The fourth-order valence-corrected chi connectivity index (χ4v) is 1.30. The highest BCUT2D eigenvalue weighted by Crippen LogP contribution is 2.19. The van der Waals surface area contributed by atoms with Crippen molar-refractivity contribution in [2.45, 2.75) is 25.9 Å². The van der Waals surface area contributed by atoms with Gasteiger partial charge in [0.15, 0.2) is 5.15 Å². The molecule has 1 heterocycles. The van der Waals surface area contributed by atoms with Gasteiger partial charge >= 0.3 is 0 Å². The second-order valence-corrected chi connectivity index (χ2v) is 4.39. The molecule has 0 aromatic carbocycles. The van der Waals surface area contributed by atoms with Crippen molar-refractivity contribution >= 4 is 23.2 Å². The number of carbonyl (C=O) groups excluding carboxylic acids is 1. The highest BCUT2D eigenvalue weighted by molar-refractivity contribution is 6.32. The summed E-state index contributed by atoms with van der Waals surface area (Å²) >= 11 is 5.82. The van der Waals surface area contributed by atoms with Crippen molar-refractivity contribution in [3.63, 3.8) is 0 Å². The maximum atomic E-state index is 11.7. The van der Waals surface area contributed by atoms with Gasteiger partial charge in [-0.25, -0.2) is 4.98 Å². The van der Waals surface area contributed by atoms with Crippen LogP contribution in [0.3, 0.4) is 0 Å². The number of anilines is 1. The molecule has 0 aliphatic rings. The molecule has 5 heteroatoms. The molecule has 0 fully saturated rings. The molecule has 16 heavy (non-hydrogen) atoms. The van der Waals surface area contributed by atoms with Crippen molar-refractivity contribution in [3.05, 3.63) is 23.5 Å². The monoisotopic (exact) mass is 242 g/mol. The van der Waals surface area contributed by atoms with Crippen LogP contribution in [0.4, 0.5) is 5.69 Å². The third kappa shape index (κ3) is 3.79. The van der Waals surface area contributed by atoms with E-state index in [0.29, 0.717) is 5.69 Å². The maximum absolute atomic E-state index is 11.7. The smallest absolute Gasteiger partial charge is 0.227 e. The second-order valence-electron chi connectivity index (χ2n) is 4.03. The topological polar surface area (TPSA) is 51.2 Å². The van der Waals surface area contributed by atoms with Crippen LogP contribution in [0.25, 0.3) is 0 Å². The Labute approximate surface area is 100.0 Å². The largest absolute Gasteiger partial charge is 0.378 e. The number of aromatic nitrogens is 1. The van der Waals surface area contributed by atoms with Crippen LogP contribution < -0.4 is 5.32 Å². The zero-order valence-corrected chi connectivity index (χ0v) is 10.3. The number of halogens is 1. The Morgan fingerprint density at radius 3 is 2.88 bits per heavy atom. The molecule has 88 valence electrons. The van der Waals surface area contributed by atoms with E-state index in [0.717, 1.165) is 0 Å². The van der Waals surface area contributed by atoms with Crippen molar-refractivity contribution in [1.82, 2.24) is 4.98 Å². The van der Waals surface area contributed by atoms with E-state index >= 15 is 0 Å². The number of hydrogen-bond donors (Lipinski definition) is 1. The van der Waals surface area contributed by atoms with Crippen molar-refractivity contribution in [3.8, 4) is 0 Å². The molecule has 0 bridgehead atoms. The molecule has 0 atom stereocenters. The number of hydrogen-bond acceptors (Lipinski definition) is 3. The van der Waals surface area contributed by atoms with Gasteiger partial charge in [0.05, 0.1) is 17.7 Å². The quantitative estimate of drug-likeness (QED) is 0.826. The average Bonchev–Trinajstić information content (AvgIpc) is 2.21. The van der Waals surface area contributed by atoms with Crippen LogP contribution >= 0.6 is 11.6 Å². The molecule has 1 amide bonds. The number of pyridine rings is 1. The highest BCUT2D eigenvalue weighted by atomic mass is 35.5. The lowest BCUT2D eigenvalue weighted by Gasteiger charge is -2.21. The molecule has 1 aromatic rings. The Morgan fingerprint density at radius 2 is 2.31 bits per heavy atom. The Kier molecular flexibility index (Phi) is 4.26. The number of amides is 1. The van der Waals surface area contributed by atoms with Crippen molar-refractivity contribution < 1.29 is 9.53 Å². The highest BCUT2D eigenvalue weighted by Gasteiger charge is 2.21. The van der Waals surface area contributed by atoms with Crippen LogP contribution in [0.2, 0.25) is 5.15 Å². The first kappa shape index (κ1) is 12.9. The molecule has 0 spiro atoms. The number of methoxy groups -OCH3 is 1. The van der Waals surface area contributed by atoms with Crippen molar-refractivity contribution in [1.29, 1.82) is 0 Å². The predicted molar refractivity (Wildman–Crippen MR) is 63.6 cm³/mol. The van der Waals surface area contributed by atoms with Gasteiger partial charge in [-0.05, 0) is 26.0 Å². The summed E-state index contributed by atoms with van der Waals surface area (Å²) < 4.78 is 5.17. The van der Waals surface area contributed by atoms with E-state index in [-0.39, 0.29) is 17.5 Å². The standard InChI is InChI=1S/C11H15ClN2O2/c1-11(2,16-3)7-9(15)14-8-5-4-6-13-10(8)12/h4-6H,7H2,1-3H3,(H,14,15). The van der Waals surface area contributed by atoms with E-state index in [9.17, 15) is 4.79 Å². The van der Waals surface area contributed by atoms with Crippen LogP contribution in [0, 0.1) is 0 Å². The molecule has 0 saturated carbocycles. The molecule has 1 aromatic heterocycles. The van der Waals surface area contributed by atoms with E-state index in [1.54, 1.807) is 25.4 Å². The summed E-state index contributed by atoms with van der Waals surface area (Å²) in [5.74, 6) is -0.151. The van der Waals surface area contributed by atoms with Crippen molar-refractivity contribution in [2.75, 3.05) is 12.4 Å². The average molecular weight is 243 g/mol. The lowest BCUT2D eigenvalue weighted by molar-refractivity contribution is -0.121. The maximum Gasteiger partial charge on any atom is 0.227 e. The minimum absolute atomic E-state index is 0.151. The fourth-order valence-electron chi connectivity index (χ4n) is 1.13. The number of ether oxygens (including phenoxy) is 1. The Morgan fingerprint density at radius 1 is 1.62 bits per heavy atom. The van der Waals surface area contributed by atoms with Gasteiger partial charge in [0, 0.05) is 13.3 Å². The molecule has 0 radical (unpaired) electrons. The minimum Gasteiger partial charge on any atom is -0.378 e. The first-order chi connectivity index (χ1) is 7.44. The number of carbonyl (C=O) groups is 1. The zero-order chi connectivity index (χ0) is 12.2. The summed E-state index contributed by atoms with van der Waals surface area (Å²) in [6.07, 6.45) is 1.83. The molecular formula is C11H15ClN2O2. The summed E-state index contributed by atoms with van der Waals surface area (Å²) in [5.41, 5.74) is 0.0275. The number of rotatable bonds is 4. The summed E-state index contributed by atoms with van der Waals surface area (Å²) in [6, 6.07) is 3.41. The lowest BCUT2D eigenvalue weighted by Crippen LogP contribution is -2.29. The van der Waals surface area contributed by atoms with Gasteiger partial charge in [-0.15, -0.1) is 0 Å². The third-order valence-electron chi connectivity index (χ3n) is 2.17. The molecule has 0 saturated heterocycles. The third-order valence-corrected chi connectivity index (χ3v) is 2.47. The number of nitrogens with zero attached hydrogens (tertiary/aromatic N) is 1. The van der Waals surface area contributed by atoms with Gasteiger partial charge in [0.25, 0.3) is 0 Å². The fraction of sp³-hybridized carbons (Fsp3) is 0.455. The van der Waals surface area contributed by atoms with Crippen LogP contribution in [0.15, 0.2) is 18.3 Å². The van der Waals surface area contributed by atoms with Gasteiger partial charge in [-0.2, -0.15) is 0 Å². The minimum atomic E-state index is -0.487. The molecular weight excluding hydrogens is 228 g/mol. The normalized spacial score (nSPS) is 11.2. The Hall–Kier alpha value is -1.13. The van der Waals surface area contributed by atoms with Crippen LogP contribution in [-0.2, 0) is 9.53 Å². The van der Waals surface area contributed by atoms with Gasteiger partial charge in [-0.3, -0.25) is 4.79 Å². The van der Waals surface area contributed by atoms with E-state index in [1.807, 2.05) is 13.8 Å². The molecule has 0 aliphatic carbocycles. The van der Waals surface area contributed by atoms with Gasteiger partial charge in [-0.1, -0.05) is 11.6 Å². The lowest BCUT2D eigenvalue weighted by atomic mass is 10.1.